The number of nitrogens with zero attached hydrogens (tertiary/aromatic N) is 2. The highest BCUT2D eigenvalue weighted by Gasteiger charge is 2.04. The van der Waals surface area contributed by atoms with Gasteiger partial charge in [0, 0.05) is 6.42 Å². The molecule has 124 valence electrons. The van der Waals surface area contributed by atoms with Crippen molar-refractivity contribution >= 4 is 0 Å². The van der Waals surface area contributed by atoms with Crippen molar-refractivity contribution in [1.82, 2.24) is 4.57 Å². The topological polar surface area (TPSA) is 18.0 Å². The molecule has 0 aliphatic heterocycles. The molecular weight excluding hydrogens is 296 g/mol. The lowest BCUT2D eigenvalue weighted by atomic mass is 10.1. The van der Waals surface area contributed by atoms with Crippen LogP contribution in [0.15, 0.2) is 79.4 Å². The summed E-state index contributed by atoms with van der Waals surface area (Å²) in [6.45, 7) is 2.84. The first-order valence-corrected chi connectivity index (χ1v) is 8.67. The number of benzene rings is 2. The number of para-hydroxylation sites is 1. The molecule has 3 nitrogen and oxygen atoms in total. The second kappa shape index (κ2) is 8.92. The summed E-state index contributed by atoms with van der Waals surface area (Å²) in [7, 11) is 0. The van der Waals surface area contributed by atoms with E-state index in [1.54, 1.807) is 0 Å². The van der Waals surface area contributed by atoms with Gasteiger partial charge in [0.1, 0.15) is 18.1 Å². The maximum absolute atomic E-state index is 5.72. The maximum atomic E-state index is 5.72. The Hall–Kier alpha value is -2.55. The van der Waals surface area contributed by atoms with Gasteiger partial charge in [0.15, 0.2) is 0 Å². The van der Waals surface area contributed by atoms with E-state index in [9.17, 15) is 0 Å². The summed E-state index contributed by atoms with van der Waals surface area (Å²) in [4.78, 5) is 0. The monoisotopic (exact) mass is 321 g/mol. The Kier molecular flexibility index (Phi) is 6.06. The molecular formula is C21H25N2O+. The second-order valence-corrected chi connectivity index (χ2v) is 5.99. The van der Waals surface area contributed by atoms with Crippen LogP contribution in [0, 0.1) is 0 Å². The molecule has 0 fully saturated rings. The van der Waals surface area contributed by atoms with Crippen LogP contribution in [0.1, 0.15) is 18.4 Å². The van der Waals surface area contributed by atoms with E-state index in [2.05, 4.69) is 58.2 Å². The number of ether oxygens (including phenoxy) is 1. The largest absolute Gasteiger partial charge is 0.494 e. The van der Waals surface area contributed by atoms with Gasteiger partial charge in [-0.25, -0.2) is 9.13 Å². The highest BCUT2D eigenvalue weighted by molar-refractivity contribution is 5.20. The summed E-state index contributed by atoms with van der Waals surface area (Å²) in [6, 6.07) is 20.6. The summed E-state index contributed by atoms with van der Waals surface area (Å²) in [5.74, 6) is 0.956. The van der Waals surface area contributed by atoms with Crippen molar-refractivity contribution in [2.45, 2.75) is 32.4 Å². The average molecular weight is 321 g/mol. The number of hydrogen-bond donors (Lipinski definition) is 0. The molecule has 0 N–H and O–H groups in total. The Bertz CT molecular complexity index is 707. The first-order chi connectivity index (χ1) is 11.9. The number of aromatic nitrogens is 2. The molecule has 0 saturated heterocycles. The lowest BCUT2D eigenvalue weighted by Gasteiger charge is -2.04. The molecule has 3 rings (SSSR count). The van der Waals surface area contributed by atoms with Gasteiger partial charge in [-0.05, 0) is 30.5 Å². The van der Waals surface area contributed by atoms with E-state index >= 15 is 0 Å². The van der Waals surface area contributed by atoms with E-state index in [1.807, 2.05) is 30.3 Å². The number of hydrogen-bond acceptors (Lipinski definition) is 1. The molecule has 3 aromatic rings. The second-order valence-electron chi connectivity index (χ2n) is 5.99. The summed E-state index contributed by atoms with van der Waals surface area (Å²) < 4.78 is 10.2. The molecule has 1 aromatic heterocycles. The Morgan fingerprint density at radius 3 is 2.42 bits per heavy atom. The highest BCUT2D eigenvalue weighted by atomic mass is 16.5. The van der Waals surface area contributed by atoms with Crippen LogP contribution in [0.25, 0.3) is 0 Å². The highest BCUT2D eigenvalue weighted by Crippen LogP contribution is 2.08. The SMILES string of the molecule is c1ccc(CCn2cc[n+](CCCCOc3ccccc3)c2)cc1. The van der Waals surface area contributed by atoms with E-state index in [0.717, 1.165) is 44.7 Å². The molecule has 0 spiro atoms. The van der Waals surface area contributed by atoms with Crippen LogP contribution in [0.5, 0.6) is 5.75 Å². The fraction of sp³-hybridized carbons (Fsp3) is 0.286. The fourth-order valence-corrected chi connectivity index (χ4v) is 2.71. The standard InChI is InChI=1S/C21H25N2O/c1-3-9-20(10-4-1)13-15-23-17-16-22(19-23)14-7-8-18-24-21-11-5-2-6-12-21/h1-6,9-12,16-17,19H,7-8,13-15,18H2/q+1. The Morgan fingerprint density at radius 1 is 0.875 bits per heavy atom. The van der Waals surface area contributed by atoms with Crippen LogP contribution in [-0.2, 0) is 19.5 Å². The Balaban J connectivity index is 1.34. The molecule has 24 heavy (non-hydrogen) atoms. The van der Waals surface area contributed by atoms with Crippen molar-refractivity contribution in [1.29, 1.82) is 0 Å². The molecule has 3 heteroatoms. The predicted octanol–water partition coefficient (Wildman–Crippen LogP) is 3.88. The molecule has 0 aliphatic carbocycles. The van der Waals surface area contributed by atoms with Crippen LogP contribution < -0.4 is 9.30 Å². The molecule has 2 aromatic carbocycles. The van der Waals surface area contributed by atoms with Gasteiger partial charge < -0.3 is 4.74 Å². The first kappa shape index (κ1) is 16.3. The van der Waals surface area contributed by atoms with Gasteiger partial charge in [-0.15, -0.1) is 0 Å². The van der Waals surface area contributed by atoms with E-state index in [0.29, 0.717) is 0 Å². The molecule has 0 saturated carbocycles. The summed E-state index contributed by atoms with van der Waals surface area (Å²) in [6.07, 6.45) is 9.77. The first-order valence-electron chi connectivity index (χ1n) is 8.67. The minimum atomic E-state index is 0.777. The van der Waals surface area contributed by atoms with E-state index < -0.39 is 0 Å². The normalized spacial score (nSPS) is 10.7. The van der Waals surface area contributed by atoms with Gasteiger partial charge in [-0.2, -0.15) is 0 Å². The smallest absolute Gasteiger partial charge is 0.243 e. The molecule has 1 heterocycles. The Labute approximate surface area is 144 Å². The summed E-state index contributed by atoms with van der Waals surface area (Å²) >= 11 is 0. The average Bonchev–Trinajstić information content (AvgIpc) is 3.09. The van der Waals surface area contributed by atoms with Gasteiger partial charge in [0.2, 0.25) is 6.33 Å². The van der Waals surface area contributed by atoms with Gasteiger partial charge >= 0.3 is 0 Å². The van der Waals surface area contributed by atoms with Gasteiger partial charge in [-0.1, -0.05) is 48.5 Å². The van der Waals surface area contributed by atoms with Crippen molar-refractivity contribution in [3.8, 4) is 5.75 Å². The minimum Gasteiger partial charge on any atom is -0.494 e. The van der Waals surface area contributed by atoms with Crippen LogP contribution in [0.2, 0.25) is 0 Å². The quantitative estimate of drug-likeness (QED) is 0.432. The van der Waals surface area contributed by atoms with E-state index in [-0.39, 0.29) is 0 Å². The Morgan fingerprint density at radius 2 is 1.62 bits per heavy atom. The minimum absolute atomic E-state index is 0.777. The fourth-order valence-electron chi connectivity index (χ4n) is 2.71. The number of rotatable bonds is 9. The van der Waals surface area contributed by atoms with Crippen molar-refractivity contribution in [2.24, 2.45) is 0 Å². The molecule has 0 bridgehead atoms. The van der Waals surface area contributed by atoms with Crippen molar-refractivity contribution in [3.05, 3.63) is 84.9 Å². The zero-order valence-corrected chi connectivity index (χ0v) is 14.1. The van der Waals surface area contributed by atoms with Gasteiger partial charge in [0.05, 0.1) is 19.7 Å². The summed E-state index contributed by atoms with van der Waals surface area (Å²) in [5, 5.41) is 0. The molecule has 0 aliphatic rings. The van der Waals surface area contributed by atoms with Crippen LogP contribution >= 0.6 is 0 Å². The summed E-state index contributed by atoms with van der Waals surface area (Å²) in [5.41, 5.74) is 1.39. The molecule has 0 unspecified atom stereocenters. The van der Waals surface area contributed by atoms with Crippen LogP contribution in [0.3, 0.4) is 0 Å². The van der Waals surface area contributed by atoms with Crippen LogP contribution in [0.4, 0.5) is 0 Å². The maximum Gasteiger partial charge on any atom is 0.243 e. The zero-order chi connectivity index (χ0) is 16.5. The van der Waals surface area contributed by atoms with E-state index in [1.165, 1.54) is 5.56 Å². The number of imidazole rings is 1. The number of unbranched alkanes of at least 4 members (excludes halogenated alkanes) is 1. The van der Waals surface area contributed by atoms with E-state index in [4.69, 9.17) is 4.74 Å². The lowest BCUT2D eigenvalue weighted by molar-refractivity contribution is -0.696. The molecule has 0 atom stereocenters. The number of aryl methyl sites for hydroxylation is 3. The van der Waals surface area contributed by atoms with Crippen molar-refractivity contribution in [3.63, 3.8) is 0 Å². The third-order valence-electron chi connectivity index (χ3n) is 4.07. The molecule has 0 radical (unpaired) electrons. The molecule has 0 amide bonds. The zero-order valence-electron chi connectivity index (χ0n) is 14.1. The third-order valence-corrected chi connectivity index (χ3v) is 4.07. The van der Waals surface area contributed by atoms with Crippen molar-refractivity contribution < 1.29 is 9.30 Å². The lowest BCUT2D eigenvalue weighted by Crippen LogP contribution is -2.31. The predicted molar refractivity (Wildman–Crippen MR) is 95.9 cm³/mol. The third kappa shape index (κ3) is 5.27. The van der Waals surface area contributed by atoms with Crippen LogP contribution in [-0.4, -0.2) is 11.2 Å². The van der Waals surface area contributed by atoms with Gasteiger partial charge in [0.25, 0.3) is 0 Å². The van der Waals surface area contributed by atoms with Crippen molar-refractivity contribution in [2.75, 3.05) is 6.61 Å². The van der Waals surface area contributed by atoms with Gasteiger partial charge in [-0.3, -0.25) is 0 Å².